The van der Waals surface area contributed by atoms with Gasteiger partial charge in [-0.05, 0) is 57.8 Å². The van der Waals surface area contributed by atoms with Crippen LogP contribution in [-0.2, 0) is 4.79 Å². The largest absolute Gasteiger partial charge is 0.481 e. The number of carboxylic acids is 1. The number of hydrogen-bond donors (Lipinski definition) is 1. The molecule has 148 valence electrons. The van der Waals surface area contributed by atoms with E-state index in [4.69, 9.17) is 5.11 Å². The first-order chi connectivity index (χ1) is 13.1. The summed E-state index contributed by atoms with van der Waals surface area (Å²) in [6.07, 6.45) is 2.80. The maximum absolute atomic E-state index is 11.0. The lowest BCUT2D eigenvalue weighted by Gasteiger charge is -2.36. The smallest absolute Gasteiger partial charge is 0.303 e. The van der Waals surface area contributed by atoms with E-state index >= 15 is 0 Å². The number of carbonyl (C=O) groups is 1. The number of carboxylic acid groups (broad SMARTS) is 1. The molecule has 0 fully saturated rings. The standard InChI is InChI=1S/C23H30N2O2Si/c1-24(2)16-10-12-19-18(8-7-9-23(26)27)20-13-11-17(25(3)4)15-22(20)28(5,6)21(19)14-16/h8,10-15H,7,9H2,1-6H3,(H,26,27). The van der Waals surface area contributed by atoms with E-state index in [-0.39, 0.29) is 6.42 Å². The van der Waals surface area contributed by atoms with Gasteiger partial charge in [-0.2, -0.15) is 0 Å². The first kappa shape index (κ1) is 20.2. The Morgan fingerprint density at radius 1 is 0.929 bits per heavy atom. The van der Waals surface area contributed by atoms with Crippen molar-refractivity contribution in [2.24, 2.45) is 0 Å². The highest BCUT2D eigenvalue weighted by molar-refractivity contribution is 7.02. The molecule has 1 N–H and O–H groups in total. The quantitative estimate of drug-likeness (QED) is 0.791. The fourth-order valence-electron chi connectivity index (χ4n) is 3.97. The lowest BCUT2D eigenvalue weighted by Crippen LogP contribution is -2.58. The van der Waals surface area contributed by atoms with Crippen LogP contribution in [0.5, 0.6) is 0 Å². The van der Waals surface area contributed by atoms with Crippen LogP contribution in [-0.4, -0.2) is 47.3 Å². The van der Waals surface area contributed by atoms with E-state index in [1.54, 1.807) is 0 Å². The average Bonchev–Trinajstić information content (AvgIpc) is 2.63. The van der Waals surface area contributed by atoms with Crippen LogP contribution in [0.25, 0.3) is 5.57 Å². The summed E-state index contributed by atoms with van der Waals surface area (Å²) < 4.78 is 0. The summed E-state index contributed by atoms with van der Waals surface area (Å²) in [7, 11) is 6.38. The highest BCUT2D eigenvalue weighted by atomic mass is 28.3. The van der Waals surface area contributed by atoms with Crippen LogP contribution in [0.4, 0.5) is 11.4 Å². The molecule has 28 heavy (non-hydrogen) atoms. The third-order valence-corrected chi connectivity index (χ3v) is 9.19. The van der Waals surface area contributed by atoms with E-state index < -0.39 is 14.0 Å². The number of fused-ring (bicyclic) bond motifs is 2. The van der Waals surface area contributed by atoms with Crippen LogP contribution < -0.4 is 20.2 Å². The van der Waals surface area contributed by atoms with Gasteiger partial charge >= 0.3 is 5.97 Å². The third kappa shape index (κ3) is 3.59. The first-order valence-electron chi connectivity index (χ1n) is 9.69. The van der Waals surface area contributed by atoms with Gasteiger partial charge in [-0.25, -0.2) is 0 Å². The van der Waals surface area contributed by atoms with Crippen LogP contribution in [0.15, 0.2) is 42.5 Å². The summed E-state index contributed by atoms with van der Waals surface area (Å²) in [5, 5.41) is 11.9. The molecule has 5 heteroatoms. The first-order valence-corrected chi connectivity index (χ1v) is 12.7. The number of anilines is 2. The van der Waals surface area contributed by atoms with Crippen molar-refractivity contribution >= 4 is 41.4 Å². The number of allylic oxidation sites excluding steroid dienone is 1. The molecule has 0 saturated carbocycles. The highest BCUT2D eigenvalue weighted by Crippen LogP contribution is 2.33. The third-order valence-electron chi connectivity index (χ3n) is 5.67. The topological polar surface area (TPSA) is 43.8 Å². The molecule has 0 atom stereocenters. The average molecular weight is 395 g/mol. The summed E-state index contributed by atoms with van der Waals surface area (Å²) in [5.41, 5.74) is 6.11. The SMILES string of the molecule is CN(C)c1ccc2c(c1)[Si](C)(C)c1cc(N(C)C)ccc1C2=CCCC(=O)O. The fraction of sp³-hybridized carbons (Fsp3) is 0.348. The van der Waals surface area contributed by atoms with Crippen molar-refractivity contribution in [3.8, 4) is 0 Å². The van der Waals surface area contributed by atoms with Crippen LogP contribution in [0.1, 0.15) is 24.0 Å². The van der Waals surface area contributed by atoms with Gasteiger partial charge in [0.25, 0.3) is 0 Å². The minimum absolute atomic E-state index is 0.153. The zero-order valence-corrected chi connectivity index (χ0v) is 18.7. The van der Waals surface area contributed by atoms with Gasteiger partial charge in [0.2, 0.25) is 0 Å². The van der Waals surface area contributed by atoms with E-state index in [0.717, 1.165) is 0 Å². The van der Waals surface area contributed by atoms with Crippen LogP contribution in [0.2, 0.25) is 13.1 Å². The molecular formula is C23H30N2O2Si. The van der Waals surface area contributed by atoms with Gasteiger partial charge in [0.15, 0.2) is 0 Å². The summed E-state index contributed by atoms with van der Waals surface area (Å²) in [5.74, 6) is -0.756. The van der Waals surface area contributed by atoms with E-state index in [9.17, 15) is 4.79 Å². The Balaban J connectivity index is 2.24. The molecule has 0 spiro atoms. The van der Waals surface area contributed by atoms with Crippen LogP contribution in [0, 0.1) is 0 Å². The van der Waals surface area contributed by atoms with Crippen molar-refractivity contribution in [1.29, 1.82) is 0 Å². The molecule has 1 heterocycles. The van der Waals surface area contributed by atoms with Gasteiger partial charge in [0.05, 0.1) is 0 Å². The summed E-state index contributed by atoms with van der Waals surface area (Å²) in [6, 6.07) is 13.4. The molecular weight excluding hydrogens is 364 g/mol. The number of benzene rings is 2. The zero-order valence-electron chi connectivity index (χ0n) is 17.7. The van der Waals surface area contributed by atoms with E-state index in [1.807, 2.05) is 0 Å². The zero-order chi connectivity index (χ0) is 20.6. The Hall–Kier alpha value is -2.53. The van der Waals surface area contributed by atoms with Gasteiger partial charge in [-0.3, -0.25) is 4.79 Å². The Bertz CT molecular complexity index is 882. The van der Waals surface area contributed by atoms with Crippen molar-refractivity contribution in [3.63, 3.8) is 0 Å². The fourth-order valence-corrected chi connectivity index (χ4v) is 7.07. The monoisotopic (exact) mass is 394 g/mol. The predicted octanol–water partition coefficient (Wildman–Crippen LogP) is 3.25. The maximum atomic E-state index is 11.0. The van der Waals surface area contributed by atoms with Crippen molar-refractivity contribution in [1.82, 2.24) is 0 Å². The van der Waals surface area contributed by atoms with Crippen molar-refractivity contribution in [2.45, 2.75) is 25.9 Å². The minimum Gasteiger partial charge on any atom is -0.481 e. The molecule has 0 bridgehead atoms. The second-order valence-electron chi connectivity index (χ2n) is 8.42. The summed E-state index contributed by atoms with van der Waals surface area (Å²) >= 11 is 0. The molecule has 0 unspecified atom stereocenters. The molecule has 1 aliphatic rings. The maximum Gasteiger partial charge on any atom is 0.303 e. The molecule has 0 aromatic heterocycles. The molecule has 2 aromatic rings. The normalized spacial score (nSPS) is 14.1. The van der Waals surface area contributed by atoms with Gasteiger partial charge in [-0.15, -0.1) is 0 Å². The Morgan fingerprint density at radius 3 is 1.79 bits per heavy atom. The second-order valence-corrected chi connectivity index (χ2v) is 12.8. The molecule has 0 saturated heterocycles. The summed E-state index contributed by atoms with van der Waals surface area (Å²) in [4.78, 5) is 15.3. The van der Waals surface area contributed by atoms with Gasteiger partial charge < -0.3 is 14.9 Å². The second kappa shape index (κ2) is 7.47. The Morgan fingerprint density at radius 2 is 1.39 bits per heavy atom. The molecule has 0 aliphatic carbocycles. The van der Waals surface area contributed by atoms with E-state index in [1.165, 1.54) is 38.4 Å². The molecule has 0 radical (unpaired) electrons. The van der Waals surface area contributed by atoms with Crippen molar-refractivity contribution < 1.29 is 9.90 Å². The van der Waals surface area contributed by atoms with E-state index in [0.29, 0.717) is 6.42 Å². The number of rotatable bonds is 5. The van der Waals surface area contributed by atoms with Crippen LogP contribution >= 0.6 is 0 Å². The lowest BCUT2D eigenvalue weighted by atomic mass is 9.94. The lowest BCUT2D eigenvalue weighted by molar-refractivity contribution is -0.136. The van der Waals surface area contributed by atoms with Crippen molar-refractivity contribution in [2.75, 3.05) is 38.0 Å². The number of aliphatic carboxylic acids is 1. The number of nitrogens with zero attached hydrogens (tertiary/aromatic N) is 2. The Kier molecular flexibility index (Phi) is 5.39. The molecule has 0 amide bonds. The number of hydrogen-bond acceptors (Lipinski definition) is 3. The summed E-state index contributed by atoms with van der Waals surface area (Å²) in [6.45, 7) is 4.83. The highest BCUT2D eigenvalue weighted by Gasteiger charge is 2.37. The Labute approximate surface area is 169 Å². The molecule has 4 nitrogen and oxygen atoms in total. The predicted molar refractivity (Wildman–Crippen MR) is 122 cm³/mol. The minimum atomic E-state index is -1.90. The van der Waals surface area contributed by atoms with Gasteiger partial charge in [-0.1, -0.05) is 31.3 Å². The van der Waals surface area contributed by atoms with Crippen molar-refractivity contribution in [3.05, 3.63) is 53.6 Å². The molecule has 3 rings (SSSR count). The molecule has 1 aliphatic heterocycles. The van der Waals surface area contributed by atoms with Crippen LogP contribution in [0.3, 0.4) is 0 Å². The van der Waals surface area contributed by atoms with Gasteiger partial charge in [0.1, 0.15) is 8.07 Å². The van der Waals surface area contributed by atoms with Gasteiger partial charge in [0, 0.05) is 46.0 Å². The van der Waals surface area contributed by atoms with E-state index in [2.05, 4.69) is 93.6 Å². The molecule has 2 aromatic carbocycles.